The van der Waals surface area contributed by atoms with Crippen molar-refractivity contribution in [2.24, 2.45) is 4.99 Å². The number of nitrogens with one attached hydrogen (secondary N) is 2. The Bertz CT molecular complexity index is 808. The Labute approximate surface area is 183 Å². The minimum Gasteiger partial charge on any atom is -0.492 e. The standard InChI is InChI=1S/C18H27N5O3S.HI/c1-3-19-18(20-10-4-13-23-14-5-11-22-23)21-12-15-26-16-6-8-17(9-7-16)27(2,24)25;/h5-9,11,14H,3-4,10,12-13,15H2,1-2H3,(H2,19,20,21);1H. The van der Waals surface area contributed by atoms with Crippen LogP contribution in [0.25, 0.3) is 0 Å². The molecule has 1 aromatic heterocycles. The second-order valence-corrected chi connectivity index (χ2v) is 7.92. The van der Waals surface area contributed by atoms with Crippen molar-refractivity contribution in [2.45, 2.75) is 24.8 Å². The highest BCUT2D eigenvalue weighted by molar-refractivity contribution is 14.0. The Morgan fingerprint density at radius 1 is 1.25 bits per heavy atom. The predicted molar refractivity (Wildman–Crippen MR) is 121 cm³/mol. The number of hydrogen-bond donors (Lipinski definition) is 2. The van der Waals surface area contributed by atoms with Crippen LogP contribution in [0.2, 0.25) is 0 Å². The highest BCUT2D eigenvalue weighted by Crippen LogP contribution is 2.15. The van der Waals surface area contributed by atoms with Gasteiger partial charge in [0, 0.05) is 38.3 Å². The Morgan fingerprint density at radius 2 is 2.00 bits per heavy atom. The molecule has 1 aromatic carbocycles. The number of ether oxygens (including phenoxy) is 1. The fourth-order valence-corrected chi connectivity index (χ4v) is 2.95. The van der Waals surface area contributed by atoms with Crippen LogP contribution in [-0.2, 0) is 16.4 Å². The number of halogens is 1. The van der Waals surface area contributed by atoms with Gasteiger partial charge in [-0.1, -0.05) is 0 Å². The fourth-order valence-electron chi connectivity index (χ4n) is 2.32. The van der Waals surface area contributed by atoms with Gasteiger partial charge < -0.3 is 15.4 Å². The van der Waals surface area contributed by atoms with E-state index >= 15 is 0 Å². The van der Waals surface area contributed by atoms with E-state index in [1.807, 2.05) is 23.9 Å². The quantitative estimate of drug-likeness (QED) is 0.215. The number of nitrogens with zero attached hydrogens (tertiary/aromatic N) is 3. The summed E-state index contributed by atoms with van der Waals surface area (Å²) in [6.45, 7) is 5.35. The highest BCUT2D eigenvalue weighted by Gasteiger charge is 2.06. The predicted octanol–water partition coefficient (Wildman–Crippen LogP) is 1.93. The first-order chi connectivity index (χ1) is 13.0. The lowest BCUT2D eigenvalue weighted by Crippen LogP contribution is -2.39. The molecular formula is C18H28IN5O3S. The molecule has 8 nitrogen and oxygen atoms in total. The average molecular weight is 521 g/mol. The van der Waals surface area contributed by atoms with Crippen LogP contribution in [0.4, 0.5) is 0 Å². The molecule has 0 saturated heterocycles. The van der Waals surface area contributed by atoms with E-state index in [0.29, 0.717) is 25.4 Å². The summed E-state index contributed by atoms with van der Waals surface area (Å²) < 4.78 is 30.4. The van der Waals surface area contributed by atoms with E-state index < -0.39 is 9.84 Å². The van der Waals surface area contributed by atoms with E-state index in [0.717, 1.165) is 25.5 Å². The first kappa shape index (κ1) is 24.2. The van der Waals surface area contributed by atoms with Crippen molar-refractivity contribution < 1.29 is 13.2 Å². The molecule has 0 fully saturated rings. The smallest absolute Gasteiger partial charge is 0.191 e. The van der Waals surface area contributed by atoms with E-state index in [4.69, 9.17) is 4.74 Å². The summed E-state index contributed by atoms with van der Waals surface area (Å²) in [7, 11) is -3.19. The van der Waals surface area contributed by atoms with Crippen molar-refractivity contribution >= 4 is 39.8 Å². The van der Waals surface area contributed by atoms with Gasteiger partial charge in [-0.15, -0.1) is 24.0 Å². The molecule has 0 aliphatic carbocycles. The molecule has 0 aliphatic rings. The van der Waals surface area contributed by atoms with Gasteiger partial charge in [-0.05, 0) is 43.7 Å². The summed E-state index contributed by atoms with van der Waals surface area (Å²) in [6, 6.07) is 8.31. The van der Waals surface area contributed by atoms with Crippen LogP contribution in [0.15, 0.2) is 52.6 Å². The number of guanidine groups is 1. The van der Waals surface area contributed by atoms with Crippen LogP contribution in [-0.4, -0.2) is 56.7 Å². The maximum absolute atomic E-state index is 11.4. The van der Waals surface area contributed by atoms with Crippen molar-refractivity contribution in [3.8, 4) is 5.75 Å². The summed E-state index contributed by atoms with van der Waals surface area (Å²) >= 11 is 0. The van der Waals surface area contributed by atoms with Crippen molar-refractivity contribution in [1.82, 2.24) is 20.4 Å². The van der Waals surface area contributed by atoms with Gasteiger partial charge in [-0.3, -0.25) is 9.67 Å². The lowest BCUT2D eigenvalue weighted by atomic mass is 10.3. The molecule has 10 heteroatoms. The molecule has 0 unspecified atom stereocenters. The second-order valence-electron chi connectivity index (χ2n) is 5.90. The average Bonchev–Trinajstić information content (AvgIpc) is 3.15. The summed E-state index contributed by atoms with van der Waals surface area (Å²) in [6.07, 6.45) is 5.79. The molecule has 0 spiro atoms. The molecule has 0 saturated carbocycles. The van der Waals surface area contributed by atoms with Crippen LogP contribution >= 0.6 is 24.0 Å². The first-order valence-electron chi connectivity index (χ1n) is 8.91. The fraction of sp³-hybridized carbons (Fsp3) is 0.444. The number of benzene rings is 1. The number of aliphatic imine (C=N–C) groups is 1. The van der Waals surface area contributed by atoms with Crippen LogP contribution in [0.1, 0.15) is 13.3 Å². The van der Waals surface area contributed by atoms with Gasteiger partial charge in [-0.25, -0.2) is 8.42 Å². The summed E-state index contributed by atoms with van der Waals surface area (Å²) in [4.78, 5) is 4.81. The third-order valence-electron chi connectivity index (χ3n) is 3.63. The zero-order valence-corrected chi connectivity index (χ0v) is 19.3. The Kier molecular flexibility index (Phi) is 10.9. The molecule has 0 aliphatic heterocycles. The highest BCUT2D eigenvalue weighted by atomic mass is 127. The van der Waals surface area contributed by atoms with E-state index in [-0.39, 0.29) is 28.9 Å². The SMILES string of the molecule is CCNC(=NCCCn1cccn1)NCCOc1ccc(S(C)(=O)=O)cc1.I. The normalized spacial score (nSPS) is 11.6. The Morgan fingerprint density at radius 3 is 2.61 bits per heavy atom. The van der Waals surface area contributed by atoms with Crippen LogP contribution in [0.3, 0.4) is 0 Å². The zero-order chi connectivity index (χ0) is 19.5. The Hall–Kier alpha value is -1.82. The third kappa shape index (κ3) is 8.91. The second kappa shape index (κ2) is 12.6. The molecular weight excluding hydrogens is 493 g/mol. The van der Waals surface area contributed by atoms with Crippen LogP contribution < -0.4 is 15.4 Å². The van der Waals surface area contributed by atoms with Crippen molar-refractivity contribution in [3.63, 3.8) is 0 Å². The lowest BCUT2D eigenvalue weighted by Gasteiger charge is -2.12. The van der Waals surface area contributed by atoms with E-state index in [1.165, 1.54) is 6.26 Å². The monoisotopic (exact) mass is 521 g/mol. The van der Waals surface area contributed by atoms with Crippen molar-refractivity contribution in [2.75, 3.05) is 32.5 Å². The van der Waals surface area contributed by atoms with Gasteiger partial charge >= 0.3 is 0 Å². The molecule has 2 rings (SSSR count). The summed E-state index contributed by atoms with van der Waals surface area (Å²) in [5, 5.41) is 10.6. The number of aromatic nitrogens is 2. The molecule has 0 atom stereocenters. The minimum atomic E-state index is -3.19. The topological polar surface area (TPSA) is 97.6 Å². The van der Waals surface area contributed by atoms with Gasteiger partial charge in [0.15, 0.2) is 15.8 Å². The zero-order valence-electron chi connectivity index (χ0n) is 16.2. The lowest BCUT2D eigenvalue weighted by molar-refractivity contribution is 0.321. The summed E-state index contributed by atoms with van der Waals surface area (Å²) in [5.41, 5.74) is 0. The number of rotatable bonds is 10. The molecule has 2 N–H and O–H groups in total. The Balaban J connectivity index is 0.00000392. The molecule has 156 valence electrons. The maximum Gasteiger partial charge on any atom is 0.191 e. The van der Waals surface area contributed by atoms with Crippen molar-refractivity contribution in [1.29, 1.82) is 0 Å². The van der Waals surface area contributed by atoms with Crippen LogP contribution in [0, 0.1) is 0 Å². The molecule has 0 amide bonds. The molecule has 1 heterocycles. The minimum absolute atomic E-state index is 0. The largest absolute Gasteiger partial charge is 0.492 e. The molecule has 0 radical (unpaired) electrons. The maximum atomic E-state index is 11.4. The van der Waals surface area contributed by atoms with E-state index in [1.54, 1.807) is 30.5 Å². The molecule has 0 bridgehead atoms. The first-order valence-corrected chi connectivity index (χ1v) is 10.8. The van der Waals surface area contributed by atoms with E-state index in [2.05, 4.69) is 20.7 Å². The number of sulfone groups is 1. The number of aryl methyl sites for hydroxylation is 1. The van der Waals surface area contributed by atoms with Gasteiger partial charge in [0.1, 0.15) is 12.4 Å². The summed E-state index contributed by atoms with van der Waals surface area (Å²) in [5.74, 6) is 1.37. The third-order valence-corrected chi connectivity index (χ3v) is 4.76. The van der Waals surface area contributed by atoms with Gasteiger partial charge in [-0.2, -0.15) is 5.10 Å². The van der Waals surface area contributed by atoms with Gasteiger partial charge in [0.05, 0.1) is 11.4 Å². The van der Waals surface area contributed by atoms with Crippen LogP contribution in [0.5, 0.6) is 5.75 Å². The van der Waals surface area contributed by atoms with Gasteiger partial charge in [0.2, 0.25) is 0 Å². The number of hydrogen-bond acceptors (Lipinski definition) is 5. The van der Waals surface area contributed by atoms with Gasteiger partial charge in [0.25, 0.3) is 0 Å². The molecule has 28 heavy (non-hydrogen) atoms. The van der Waals surface area contributed by atoms with E-state index in [9.17, 15) is 8.42 Å². The van der Waals surface area contributed by atoms with Crippen molar-refractivity contribution in [3.05, 3.63) is 42.7 Å². The molecule has 2 aromatic rings.